The molecule has 0 saturated heterocycles. The van der Waals surface area contributed by atoms with Gasteiger partial charge in [-0.05, 0) is 29.3 Å². The minimum Gasteiger partial charge on any atom is -0.494 e. The molecule has 0 aliphatic heterocycles. The van der Waals surface area contributed by atoms with Gasteiger partial charge in [0.2, 0.25) is 0 Å². The molecule has 2 aromatic rings. The van der Waals surface area contributed by atoms with Gasteiger partial charge in [-0.2, -0.15) is 0 Å². The second-order valence-electron chi connectivity index (χ2n) is 5.20. The molecule has 0 atom stereocenters. The van der Waals surface area contributed by atoms with E-state index in [2.05, 4.69) is 5.32 Å². The monoisotopic (exact) mass is 291 g/mol. The third-order valence-corrected chi connectivity index (χ3v) is 3.21. The normalized spacial score (nSPS) is 11.0. The van der Waals surface area contributed by atoms with E-state index in [0.29, 0.717) is 23.7 Å². The average Bonchev–Trinajstić information content (AvgIpc) is 2.45. The highest BCUT2D eigenvalue weighted by atomic mass is 19.1. The quantitative estimate of drug-likeness (QED) is 0.894. The molecule has 2 aromatic carbocycles. The number of halogens is 2. The largest absolute Gasteiger partial charge is 0.494 e. The Morgan fingerprint density at radius 1 is 1.05 bits per heavy atom. The summed E-state index contributed by atoms with van der Waals surface area (Å²) in [4.78, 5) is 0. The molecule has 0 saturated carbocycles. The maximum atomic E-state index is 14.2. The zero-order valence-electron chi connectivity index (χ0n) is 12.4. The number of hydrogen-bond acceptors (Lipinski definition) is 2. The Labute approximate surface area is 123 Å². The first kappa shape index (κ1) is 15.4. The van der Waals surface area contributed by atoms with Gasteiger partial charge in [-0.1, -0.05) is 32.0 Å². The SMILES string of the molecule is COc1ccc(-c2ccc(CNC(C)C)cc2F)cc1F. The van der Waals surface area contributed by atoms with Crippen LogP contribution >= 0.6 is 0 Å². The molecule has 0 aromatic heterocycles. The fourth-order valence-electron chi connectivity index (χ4n) is 2.06. The van der Waals surface area contributed by atoms with Crippen LogP contribution < -0.4 is 10.1 Å². The molecule has 0 aliphatic carbocycles. The number of hydrogen-bond donors (Lipinski definition) is 1. The van der Waals surface area contributed by atoms with Crippen molar-refractivity contribution in [1.29, 1.82) is 0 Å². The lowest BCUT2D eigenvalue weighted by molar-refractivity contribution is 0.386. The molecule has 0 spiro atoms. The van der Waals surface area contributed by atoms with Gasteiger partial charge in [0, 0.05) is 18.2 Å². The fourth-order valence-corrected chi connectivity index (χ4v) is 2.06. The number of methoxy groups -OCH3 is 1. The van der Waals surface area contributed by atoms with Crippen molar-refractivity contribution >= 4 is 0 Å². The van der Waals surface area contributed by atoms with Crippen LogP contribution in [0.4, 0.5) is 8.78 Å². The molecule has 0 radical (unpaired) electrons. The molecule has 4 heteroatoms. The van der Waals surface area contributed by atoms with E-state index in [9.17, 15) is 8.78 Å². The van der Waals surface area contributed by atoms with Crippen molar-refractivity contribution in [3.05, 3.63) is 53.6 Å². The minimum atomic E-state index is -0.500. The Morgan fingerprint density at radius 3 is 2.38 bits per heavy atom. The molecule has 0 amide bonds. The fraction of sp³-hybridized carbons (Fsp3) is 0.294. The van der Waals surface area contributed by atoms with Crippen molar-refractivity contribution in [1.82, 2.24) is 5.32 Å². The summed E-state index contributed by atoms with van der Waals surface area (Å²) in [5.41, 5.74) is 1.73. The Kier molecular flexibility index (Phi) is 4.91. The van der Waals surface area contributed by atoms with Gasteiger partial charge in [-0.25, -0.2) is 8.78 Å². The summed E-state index contributed by atoms with van der Waals surface area (Å²) in [6.45, 7) is 4.67. The highest BCUT2D eigenvalue weighted by Crippen LogP contribution is 2.28. The van der Waals surface area contributed by atoms with E-state index in [4.69, 9.17) is 4.74 Å². The molecule has 0 bridgehead atoms. The number of ether oxygens (including phenoxy) is 1. The predicted octanol–water partition coefficient (Wildman–Crippen LogP) is 4.14. The van der Waals surface area contributed by atoms with Gasteiger partial charge in [0.15, 0.2) is 11.6 Å². The highest BCUT2D eigenvalue weighted by molar-refractivity contribution is 5.65. The summed E-state index contributed by atoms with van der Waals surface area (Å²) in [5.74, 6) is -0.709. The zero-order valence-corrected chi connectivity index (χ0v) is 12.4. The van der Waals surface area contributed by atoms with Gasteiger partial charge < -0.3 is 10.1 Å². The lowest BCUT2D eigenvalue weighted by Crippen LogP contribution is -2.21. The summed E-state index contributed by atoms with van der Waals surface area (Å²) >= 11 is 0. The van der Waals surface area contributed by atoms with Gasteiger partial charge in [0.05, 0.1) is 7.11 Å². The van der Waals surface area contributed by atoms with Gasteiger partial charge in [0.1, 0.15) is 5.82 Å². The van der Waals surface area contributed by atoms with Gasteiger partial charge in [0.25, 0.3) is 0 Å². The Morgan fingerprint density at radius 2 is 1.81 bits per heavy atom. The molecule has 2 rings (SSSR count). The average molecular weight is 291 g/mol. The van der Waals surface area contributed by atoms with Crippen LogP contribution in [0.3, 0.4) is 0 Å². The summed E-state index contributed by atoms with van der Waals surface area (Å²) in [5, 5.41) is 3.23. The lowest BCUT2D eigenvalue weighted by atomic mass is 10.0. The van der Waals surface area contributed by atoms with Crippen molar-refractivity contribution in [3.8, 4) is 16.9 Å². The smallest absolute Gasteiger partial charge is 0.165 e. The standard InChI is InChI=1S/C17H19F2NO/c1-11(2)20-10-12-4-6-14(15(18)8-12)13-5-7-17(21-3)16(19)9-13/h4-9,11,20H,10H2,1-3H3. The van der Waals surface area contributed by atoms with E-state index in [1.54, 1.807) is 12.1 Å². The van der Waals surface area contributed by atoms with Crippen LogP contribution in [0.1, 0.15) is 19.4 Å². The Hall–Kier alpha value is -1.94. The first-order valence-electron chi connectivity index (χ1n) is 6.87. The van der Waals surface area contributed by atoms with Gasteiger partial charge >= 0.3 is 0 Å². The zero-order chi connectivity index (χ0) is 15.4. The summed E-state index contributed by atoms with van der Waals surface area (Å²) < 4.78 is 32.8. The molecular formula is C17H19F2NO. The van der Waals surface area contributed by atoms with Crippen molar-refractivity contribution in [2.45, 2.75) is 26.4 Å². The van der Waals surface area contributed by atoms with Crippen LogP contribution in [0.2, 0.25) is 0 Å². The maximum absolute atomic E-state index is 14.2. The second kappa shape index (κ2) is 6.68. The number of rotatable bonds is 5. The summed E-state index contributed by atoms with van der Waals surface area (Å²) in [6.07, 6.45) is 0. The van der Waals surface area contributed by atoms with E-state index in [-0.39, 0.29) is 11.6 Å². The molecule has 2 nitrogen and oxygen atoms in total. The van der Waals surface area contributed by atoms with E-state index < -0.39 is 5.82 Å². The molecule has 0 unspecified atom stereocenters. The molecule has 0 fully saturated rings. The third-order valence-electron chi connectivity index (χ3n) is 3.21. The molecule has 21 heavy (non-hydrogen) atoms. The van der Waals surface area contributed by atoms with E-state index in [1.165, 1.54) is 25.3 Å². The van der Waals surface area contributed by atoms with Crippen LogP contribution in [0, 0.1) is 11.6 Å². The maximum Gasteiger partial charge on any atom is 0.165 e. The van der Waals surface area contributed by atoms with Crippen LogP contribution in [0.5, 0.6) is 5.75 Å². The van der Waals surface area contributed by atoms with E-state index in [0.717, 1.165) is 5.56 Å². The second-order valence-corrected chi connectivity index (χ2v) is 5.20. The first-order valence-corrected chi connectivity index (χ1v) is 6.87. The molecule has 0 aliphatic rings. The van der Waals surface area contributed by atoms with Crippen molar-refractivity contribution in [2.24, 2.45) is 0 Å². The van der Waals surface area contributed by atoms with Gasteiger partial charge in [-0.15, -0.1) is 0 Å². The first-order chi connectivity index (χ1) is 10.0. The van der Waals surface area contributed by atoms with Crippen molar-refractivity contribution in [2.75, 3.05) is 7.11 Å². The van der Waals surface area contributed by atoms with Crippen LogP contribution in [0.25, 0.3) is 11.1 Å². The van der Waals surface area contributed by atoms with E-state index in [1.807, 2.05) is 19.9 Å². The molecule has 1 N–H and O–H groups in total. The van der Waals surface area contributed by atoms with Crippen LogP contribution in [-0.2, 0) is 6.54 Å². The summed E-state index contributed by atoms with van der Waals surface area (Å²) in [6, 6.07) is 9.76. The Balaban J connectivity index is 2.26. The van der Waals surface area contributed by atoms with Crippen molar-refractivity contribution < 1.29 is 13.5 Å². The van der Waals surface area contributed by atoms with Gasteiger partial charge in [-0.3, -0.25) is 0 Å². The van der Waals surface area contributed by atoms with Crippen LogP contribution in [-0.4, -0.2) is 13.2 Å². The highest BCUT2D eigenvalue weighted by Gasteiger charge is 2.10. The lowest BCUT2D eigenvalue weighted by Gasteiger charge is -2.10. The molecule has 0 heterocycles. The van der Waals surface area contributed by atoms with E-state index >= 15 is 0 Å². The minimum absolute atomic E-state index is 0.150. The summed E-state index contributed by atoms with van der Waals surface area (Å²) in [7, 11) is 1.40. The molecular weight excluding hydrogens is 272 g/mol. The predicted molar refractivity (Wildman–Crippen MR) is 80.3 cm³/mol. The third kappa shape index (κ3) is 3.79. The topological polar surface area (TPSA) is 21.3 Å². The van der Waals surface area contributed by atoms with Crippen molar-refractivity contribution in [3.63, 3.8) is 0 Å². The number of nitrogens with one attached hydrogen (secondary N) is 1. The molecule has 112 valence electrons. The number of benzene rings is 2. The Bertz CT molecular complexity index is 626. The van der Waals surface area contributed by atoms with Crippen LogP contribution in [0.15, 0.2) is 36.4 Å².